The molecule has 8 nitrogen and oxygen atoms in total. The number of nitrogens with zero attached hydrogens (tertiary/aromatic N) is 2. The van der Waals surface area contributed by atoms with E-state index >= 15 is 0 Å². The molecule has 4 atom stereocenters. The van der Waals surface area contributed by atoms with Crippen LogP contribution in [0.1, 0.15) is 66.4 Å². The molecule has 3 rings (SSSR count). The maximum absolute atomic E-state index is 13.4. The minimum atomic E-state index is -4.55. The van der Waals surface area contributed by atoms with Crippen molar-refractivity contribution in [3.63, 3.8) is 0 Å². The molecule has 2 N–H and O–H groups in total. The van der Waals surface area contributed by atoms with Gasteiger partial charge in [0.05, 0.1) is 16.4 Å². The SMILES string of the molecule is CC(C)(C)CC(CN[C@H]1CC[C@@H]2CN(S(=O)(=O)c3ccc(C(F)(F)F)cc3)C[C@@H]21)C(=O)N(C(=O)O)C(C)(C)C. The van der Waals surface area contributed by atoms with Crippen molar-refractivity contribution in [2.24, 2.45) is 23.2 Å². The summed E-state index contributed by atoms with van der Waals surface area (Å²) in [5.41, 5.74) is -2.05. The number of carbonyl (C=O) groups excluding carboxylic acids is 1. The van der Waals surface area contributed by atoms with E-state index in [4.69, 9.17) is 0 Å². The lowest BCUT2D eigenvalue weighted by atomic mass is 9.83. The van der Waals surface area contributed by atoms with Crippen molar-refractivity contribution in [2.75, 3.05) is 19.6 Å². The number of hydrogen-bond acceptors (Lipinski definition) is 5. The fourth-order valence-corrected chi connectivity index (χ4v) is 7.35. The van der Waals surface area contributed by atoms with Crippen molar-refractivity contribution >= 4 is 22.0 Å². The Bertz CT molecular complexity index is 1160. The lowest BCUT2D eigenvalue weighted by Gasteiger charge is -2.36. The van der Waals surface area contributed by atoms with E-state index in [2.05, 4.69) is 5.32 Å². The fraction of sp³-hybridized carbons (Fsp3) is 0.704. The summed E-state index contributed by atoms with van der Waals surface area (Å²) >= 11 is 0. The van der Waals surface area contributed by atoms with Crippen molar-refractivity contribution in [3.8, 4) is 0 Å². The van der Waals surface area contributed by atoms with Gasteiger partial charge in [0, 0.05) is 31.2 Å². The van der Waals surface area contributed by atoms with Crippen LogP contribution in [0.2, 0.25) is 0 Å². The molecule has 1 heterocycles. The lowest BCUT2D eigenvalue weighted by molar-refractivity contribution is -0.139. The third-order valence-electron chi connectivity index (χ3n) is 7.56. The van der Waals surface area contributed by atoms with E-state index in [1.165, 1.54) is 4.31 Å². The van der Waals surface area contributed by atoms with Crippen LogP contribution in [0.4, 0.5) is 18.0 Å². The summed E-state index contributed by atoms with van der Waals surface area (Å²) in [6.45, 7) is 11.8. The minimum Gasteiger partial charge on any atom is -0.465 e. The molecule has 1 aromatic carbocycles. The average molecular weight is 576 g/mol. The number of amides is 2. The summed E-state index contributed by atoms with van der Waals surface area (Å²) in [5, 5.41) is 13.2. The van der Waals surface area contributed by atoms with Gasteiger partial charge < -0.3 is 10.4 Å². The van der Waals surface area contributed by atoms with Crippen molar-refractivity contribution in [1.29, 1.82) is 0 Å². The predicted molar refractivity (Wildman–Crippen MR) is 140 cm³/mol. The summed E-state index contributed by atoms with van der Waals surface area (Å²) in [6, 6.07) is 3.48. The van der Waals surface area contributed by atoms with Crippen LogP contribution in [-0.2, 0) is 21.0 Å². The minimum absolute atomic E-state index is 0.0159. The highest BCUT2D eigenvalue weighted by molar-refractivity contribution is 7.89. The van der Waals surface area contributed by atoms with Crippen molar-refractivity contribution in [1.82, 2.24) is 14.5 Å². The van der Waals surface area contributed by atoms with Crippen LogP contribution < -0.4 is 5.32 Å². The molecule has 1 unspecified atom stereocenters. The Labute approximate surface area is 229 Å². The summed E-state index contributed by atoms with van der Waals surface area (Å²) in [6.07, 6.45) is -3.81. The zero-order valence-electron chi connectivity index (χ0n) is 23.4. The van der Waals surface area contributed by atoms with E-state index in [-0.39, 0.29) is 47.8 Å². The Morgan fingerprint density at radius 2 is 1.64 bits per heavy atom. The molecule has 2 amide bonds. The molecule has 220 valence electrons. The van der Waals surface area contributed by atoms with Crippen molar-refractivity contribution in [3.05, 3.63) is 29.8 Å². The second-order valence-electron chi connectivity index (χ2n) is 12.9. The summed E-state index contributed by atoms with van der Waals surface area (Å²) < 4.78 is 66.5. The number of sulfonamides is 1. The second kappa shape index (κ2) is 11.0. The van der Waals surface area contributed by atoms with Gasteiger partial charge in [0.2, 0.25) is 15.9 Å². The molecule has 12 heteroatoms. The molecular formula is C27H40F3N3O5S. The highest BCUT2D eigenvalue weighted by Gasteiger charge is 2.47. The van der Waals surface area contributed by atoms with Gasteiger partial charge in [0.25, 0.3) is 0 Å². The third-order valence-corrected chi connectivity index (χ3v) is 9.41. The molecule has 0 aromatic heterocycles. The number of fused-ring (bicyclic) bond motifs is 1. The van der Waals surface area contributed by atoms with Gasteiger partial charge in [-0.15, -0.1) is 0 Å². The van der Waals surface area contributed by atoms with E-state index in [1.54, 1.807) is 20.8 Å². The largest absolute Gasteiger partial charge is 0.465 e. The van der Waals surface area contributed by atoms with E-state index in [0.717, 1.165) is 42.0 Å². The quantitative estimate of drug-likeness (QED) is 0.471. The molecule has 1 saturated carbocycles. The molecule has 0 radical (unpaired) electrons. The molecule has 2 aliphatic rings. The van der Waals surface area contributed by atoms with Crippen LogP contribution in [0, 0.1) is 23.2 Å². The molecular weight excluding hydrogens is 535 g/mol. The predicted octanol–water partition coefficient (Wildman–Crippen LogP) is 5.05. The Morgan fingerprint density at radius 1 is 1.05 bits per heavy atom. The third kappa shape index (κ3) is 7.32. The maximum atomic E-state index is 13.4. The number of carboxylic acid groups (broad SMARTS) is 1. The number of rotatable bonds is 7. The van der Waals surface area contributed by atoms with Crippen molar-refractivity contribution < 1.29 is 36.3 Å². The van der Waals surface area contributed by atoms with Gasteiger partial charge in [-0.25, -0.2) is 18.1 Å². The number of halogens is 3. The maximum Gasteiger partial charge on any atom is 0.416 e. The van der Waals surface area contributed by atoms with Gasteiger partial charge in [-0.2, -0.15) is 17.5 Å². The van der Waals surface area contributed by atoms with Crippen LogP contribution >= 0.6 is 0 Å². The van der Waals surface area contributed by atoms with Gasteiger partial charge in [0.1, 0.15) is 0 Å². The molecule has 0 bridgehead atoms. The van der Waals surface area contributed by atoms with Crippen LogP contribution in [0.15, 0.2) is 29.2 Å². The lowest BCUT2D eigenvalue weighted by Crippen LogP contribution is -2.53. The van der Waals surface area contributed by atoms with E-state index in [0.29, 0.717) is 6.42 Å². The Hall–Kier alpha value is -2.18. The monoisotopic (exact) mass is 575 g/mol. The molecule has 1 aliphatic carbocycles. The van der Waals surface area contributed by atoms with Crippen molar-refractivity contribution in [2.45, 2.75) is 83.5 Å². The Kier molecular flexibility index (Phi) is 8.85. The van der Waals surface area contributed by atoms with Crippen LogP contribution in [0.25, 0.3) is 0 Å². The summed E-state index contributed by atoms with van der Waals surface area (Å²) in [4.78, 5) is 26.1. The van der Waals surface area contributed by atoms with Gasteiger partial charge in [-0.1, -0.05) is 20.8 Å². The smallest absolute Gasteiger partial charge is 0.416 e. The number of alkyl halides is 3. The molecule has 1 aliphatic heterocycles. The normalized spacial score (nSPS) is 23.5. The molecule has 39 heavy (non-hydrogen) atoms. The van der Waals surface area contributed by atoms with Crippen LogP contribution in [0.3, 0.4) is 0 Å². The number of imide groups is 1. The van der Waals surface area contributed by atoms with E-state index in [9.17, 15) is 36.3 Å². The zero-order valence-corrected chi connectivity index (χ0v) is 24.2. The Balaban J connectivity index is 1.72. The molecule has 0 spiro atoms. The second-order valence-corrected chi connectivity index (χ2v) is 14.9. The van der Waals surface area contributed by atoms with Crippen LogP contribution in [0.5, 0.6) is 0 Å². The Morgan fingerprint density at radius 3 is 2.13 bits per heavy atom. The van der Waals surface area contributed by atoms with Gasteiger partial charge >= 0.3 is 12.3 Å². The topological polar surface area (TPSA) is 107 Å². The summed E-state index contributed by atoms with van der Waals surface area (Å²) in [5.74, 6) is -0.982. The number of carbonyl (C=O) groups is 2. The van der Waals surface area contributed by atoms with Gasteiger partial charge in [0.15, 0.2) is 0 Å². The fourth-order valence-electron chi connectivity index (χ4n) is 5.81. The molecule has 1 saturated heterocycles. The average Bonchev–Trinajstić information content (AvgIpc) is 3.36. The number of hydrogen-bond donors (Lipinski definition) is 2. The van der Waals surface area contributed by atoms with E-state index in [1.807, 2.05) is 20.8 Å². The first-order chi connectivity index (χ1) is 17.7. The zero-order chi connectivity index (χ0) is 29.6. The van der Waals surface area contributed by atoms with Gasteiger partial charge in [-0.3, -0.25) is 4.79 Å². The highest BCUT2D eigenvalue weighted by Crippen LogP contribution is 2.41. The first-order valence-electron chi connectivity index (χ1n) is 13.2. The van der Waals surface area contributed by atoms with Crippen LogP contribution in [-0.4, -0.2) is 65.9 Å². The van der Waals surface area contributed by atoms with Gasteiger partial charge in [-0.05, 0) is 81.5 Å². The first kappa shape index (κ1) is 31.3. The highest BCUT2D eigenvalue weighted by atomic mass is 32.2. The van der Waals surface area contributed by atoms with E-state index < -0.39 is 45.2 Å². The standard InChI is InChI=1S/C27H40F3N3O5S/c1-25(2,3)13-18(23(34)33(24(35)36)26(4,5)6)14-31-22-12-7-17-15-32(16-21(17)22)39(37,38)20-10-8-19(9-11-20)27(28,29)30/h8-11,17-18,21-22,31H,7,12-16H2,1-6H3,(H,35,36)/t17-,18?,21+,22+/m1/s1. The summed E-state index contributed by atoms with van der Waals surface area (Å²) in [7, 11) is -3.96. The number of benzene rings is 1. The molecule has 2 fully saturated rings. The first-order valence-corrected chi connectivity index (χ1v) is 14.6. The molecule has 1 aromatic rings. The number of nitrogens with one attached hydrogen (secondary N) is 1.